The van der Waals surface area contributed by atoms with Crippen LogP contribution in [0.3, 0.4) is 0 Å². The Balaban J connectivity index is 2.77. The summed E-state index contributed by atoms with van der Waals surface area (Å²) in [4.78, 5) is 10.3. The molecule has 3 heteroatoms. The minimum Gasteiger partial charge on any atom is -0.481 e. The highest BCUT2D eigenvalue weighted by Gasteiger charge is 2.15. The van der Waals surface area contributed by atoms with Crippen molar-refractivity contribution in [2.75, 3.05) is 0 Å². The number of hydrogen-bond acceptors (Lipinski definition) is 2. The molecule has 0 amide bonds. The number of carboxylic acids is 1. The Bertz CT molecular complexity index is 213. The number of rotatable bonds is 2. The summed E-state index contributed by atoms with van der Waals surface area (Å²) < 4.78 is 4.88. The molecular weight excluding hydrogens is 132 g/mol. The van der Waals surface area contributed by atoms with Gasteiger partial charge in [-0.1, -0.05) is 0 Å². The van der Waals surface area contributed by atoms with E-state index in [9.17, 15) is 4.79 Å². The van der Waals surface area contributed by atoms with Gasteiger partial charge in [-0.25, -0.2) is 0 Å². The third-order valence-electron chi connectivity index (χ3n) is 1.34. The molecule has 0 aliphatic rings. The van der Waals surface area contributed by atoms with Crippen LogP contribution in [0.5, 0.6) is 0 Å². The van der Waals surface area contributed by atoms with Gasteiger partial charge >= 0.3 is 5.97 Å². The highest BCUT2D eigenvalue weighted by molar-refractivity contribution is 5.74. The predicted octanol–water partition coefficient (Wildman–Crippen LogP) is 1.47. The molecule has 0 saturated carbocycles. The lowest BCUT2D eigenvalue weighted by Gasteiger charge is -1.98. The molecule has 0 aliphatic carbocycles. The van der Waals surface area contributed by atoms with Gasteiger partial charge in [0.25, 0.3) is 0 Å². The summed E-state index contributed by atoms with van der Waals surface area (Å²) in [6, 6.07) is 3.33. The quantitative estimate of drug-likeness (QED) is 0.676. The fourth-order valence-corrected chi connectivity index (χ4v) is 0.659. The van der Waals surface area contributed by atoms with Gasteiger partial charge in [-0.15, -0.1) is 0 Å². The Morgan fingerprint density at radius 3 is 2.90 bits per heavy atom. The maximum absolute atomic E-state index is 10.3. The van der Waals surface area contributed by atoms with Crippen LogP contribution >= 0.6 is 0 Å². The van der Waals surface area contributed by atoms with Crippen LogP contribution in [-0.4, -0.2) is 11.1 Å². The standard InChI is InChI=1S/C7H8O3/c1-5(7(8)9)6-3-2-4-10-6/h2-5H,1H3,(H,8,9)/t5-/m0/s1. The summed E-state index contributed by atoms with van der Waals surface area (Å²) in [5, 5.41) is 8.49. The summed E-state index contributed by atoms with van der Waals surface area (Å²) in [5.74, 6) is -0.919. The molecule has 54 valence electrons. The van der Waals surface area contributed by atoms with Crippen LogP contribution in [0.2, 0.25) is 0 Å². The van der Waals surface area contributed by atoms with Gasteiger partial charge in [0.1, 0.15) is 11.7 Å². The molecule has 0 unspecified atom stereocenters. The number of furan rings is 1. The van der Waals surface area contributed by atoms with E-state index in [0.717, 1.165) is 0 Å². The Labute approximate surface area is 58.3 Å². The first-order valence-electron chi connectivity index (χ1n) is 2.98. The van der Waals surface area contributed by atoms with Crippen LogP contribution in [0.15, 0.2) is 22.8 Å². The second-order valence-corrected chi connectivity index (χ2v) is 2.08. The van der Waals surface area contributed by atoms with Crippen molar-refractivity contribution in [3.8, 4) is 0 Å². The van der Waals surface area contributed by atoms with E-state index in [1.165, 1.54) is 6.26 Å². The van der Waals surface area contributed by atoms with E-state index in [1.54, 1.807) is 19.1 Å². The van der Waals surface area contributed by atoms with Gasteiger partial charge in [0.15, 0.2) is 0 Å². The molecule has 0 fully saturated rings. The molecule has 1 N–H and O–H groups in total. The molecule has 0 aromatic carbocycles. The third kappa shape index (κ3) is 1.18. The maximum Gasteiger partial charge on any atom is 0.313 e. The number of carbonyl (C=O) groups is 1. The van der Waals surface area contributed by atoms with Crippen LogP contribution in [0, 0.1) is 0 Å². The lowest BCUT2D eigenvalue weighted by Crippen LogP contribution is -2.05. The second kappa shape index (κ2) is 2.56. The predicted molar refractivity (Wildman–Crippen MR) is 34.8 cm³/mol. The van der Waals surface area contributed by atoms with Crippen LogP contribution in [0.25, 0.3) is 0 Å². The zero-order valence-electron chi connectivity index (χ0n) is 5.57. The van der Waals surface area contributed by atoms with Gasteiger partial charge in [-0.3, -0.25) is 4.79 Å². The van der Waals surface area contributed by atoms with Gasteiger partial charge in [0, 0.05) is 0 Å². The van der Waals surface area contributed by atoms with Crippen LogP contribution in [0.1, 0.15) is 18.6 Å². The molecule has 1 atom stereocenters. The lowest BCUT2D eigenvalue weighted by molar-refractivity contribution is -0.138. The van der Waals surface area contributed by atoms with Crippen molar-refractivity contribution in [3.05, 3.63) is 24.2 Å². The first kappa shape index (κ1) is 6.86. The van der Waals surface area contributed by atoms with Gasteiger partial charge < -0.3 is 9.52 Å². The molecule has 0 bridgehead atoms. The van der Waals surface area contributed by atoms with Crippen molar-refractivity contribution in [1.82, 2.24) is 0 Å². The van der Waals surface area contributed by atoms with Crippen LogP contribution < -0.4 is 0 Å². The average Bonchev–Trinajstić information content (AvgIpc) is 2.36. The third-order valence-corrected chi connectivity index (χ3v) is 1.34. The average molecular weight is 140 g/mol. The highest BCUT2D eigenvalue weighted by Crippen LogP contribution is 2.14. The molecule has 10 heavy (non-hydrogen) atoms. The molecule has 0 aliphatic heterocycles. The van der Waals surface area contributed by atoms with E-state index in [-0.39, 0.29) is 0 Å². The number of carboxylic acid groups (broad SMARTS) is 1. The molecule has 0 saturated heterocycles. The highest BCUT2D eigenvalue weighted by atomic mass is 16.4. The van der Waals surface area contributed by atoms with Gasteiger partial charge in [-0.2, -0.15) is 0 Å². The summed E-state index contributed by atoms with van der Waals surface area (Å²) in [7, 11) is 0. The van der Waals surface area contributed by atoms with Crippen molar-refractivity contribution in [2.45, 2.75) is 12.8 Å². The fourth-order valence-electron chi connectivity index (χ4n) is 0.659. The zero-order chi connectivity index (χ0) is 7.56. The Morgan fingerprint density at radius 2 is 2.50 bits per heavy atom. The minimum absolute atomic E-state index is 0.493. The van der Waals surface area contributed by atoms with E-state index in [0.29, 0.717) is 5.76 Å². The van der Waals surface area contributed by atoms with E-state index in [4.69, 9.17) is 9.52 Å². The largest absolute Gasteiger partial charge is 0.481 e. The molecule has 0 radical (unpaired) electrons. The first-order valence-corrected chi connectivity index (χ1v) is 2.98. The number of hydrogen-bond donors (Lipinski definition) is 1. The number of aliphatic carboxylic acids is 1. The topological polar surface area (TPSA) is 50.4 Å². The summed E-state index contributed by atoms with van der Waals surface area (Å²) in [6.45, 7) is 1.58. The summed E-state index contributed by atoms with van der Waals surface area (Å²) >= 11 is 0. The molecule has 1 rings (SSSR count). The van der Waals surface area contributed by atoms with Crippen LogP contribution in [0.4, 0.5) is 0 Å². The Hall–Kier alpha value is -1.25. The molecule has 0 spiro atoms. The fraction of sp³-hybridized carbons (Fsp3) is 0.286. The van der Waals surface area contributed by atoms with Crippen LogP contribution in [-0.2, 0) is 4.79 Å². The van der Waals surface area contributed by atoms with Crippen molar-refractivity contribution in [2.24, 2.45) is 0 Å². The maximum atomic E-state index is 10.3. The Morgan fingerprint density at radius 1 is 1.80 bits per heavy atom. The van der Waals surface area contributed by atoms with Crippen molar-refractivity contribution < 1.29 is 14.3 Å². The van der Waals surface area contributed by atoms with Gasteiger partial charge in [-0.05, 0) is 19.1 Å². The lowest BCUT2D eigenvalue weighted by atomic mass is 10.1. The SMILES string of the molecule is C[C@H](C(=O)O)c1ccco1. The second-order valence-electron chi connectivity index (χ2n) is 2.08. The van der Waals surface area contributed by atoms with E-state index < -0.39 is 11.9 Å². The van der Waals surface area contributed by atoms with Crippen molar-refractivity contribution in [1.29, 1.82) is 0 Å². The minimum atomic E-state index is -0.866. The molecule has 1 aromatic heterocycles. The summed E-state index contributed by atoms with van der Waals surface area (Å²) in [5.41, 5.74) is 0. The Kier molecular flexibility index (Phi) is 1.76. The van der Waals surface area contributed by atoms with Crippen molar-refractivity contribution in [3.63, 3.8) is 0 Å². The smallest absolute Gasteiger partial charge is 0.313 e. The van der Waals surface area contributed by atoms with Crippen molar-refractivity contribution >= 4 is 5.97 Å². The normalized spacial score (nSPS) is 12.9. The van der Waals surface area contributed by atoms with E-state index in [1.807, 2.05) is 0 Å². The zero-order valence-corrected chi connectivity index (χ0v) is 5.57. The molecule has 3 nitrogen and oxygen atoms in total. The molecular formula is C7H8O3. The first-order chi connectivity index (χ1) is 4.72. The molecule has 1 aromatic rings. The van der Waals surface area contributed by atoms with E-state index in [2.05, 4.69) is 0 Å². The van der Waals surface area contributed by atoms with E-state index >= 15 is 0 Å². The van der Waals surface area contributed by atoms with Gasteiger partial charge in [0.2, 0.25) is 0 Å². The summed E-state index contributed by atoms with van der Waals surface area (Å²) in [6.07, 6.45) is 1.47. The molecule has 1 heterocycles. The monoisotopic (exact) mass is 140 g/mol. The van der Waals surface area contributed by atoms with Gasteiger partial charge in [0.05, 0.1) is 6.26 Å².